The number of hydrogen-bond acceptors (Lipinski definition) is 2. The summed E-state index contributed by atoms with van der Waals surface area (Å²) in [5.41, 5.74) is 0. The van der Waals surface area contributed by atoms with Crippen LogP contribution in [0, 0.1) is 0 Å². The first-order valence-corrected chi connectivity index (χ1v) is 5.48. The summed E-state index contributed by atoms with van der Waals surface area (Å²) in [7, 11) is 1.65. The fourth-order valence-corrected chi connectivity index (χ4v) is 2.20. The van der Waals surface area contributed by atoms with Crippen LogP contribution in [0.15, 0.2) is 48.5 Å². The maximum absolute atomic E-state index is 9.96. The van der Waals surface area contributed by atoms with E-state index < -0.39 is 0 Å². The normalized spacial score (nSPS) is 10.9. The van der Waals surface area contributed by atoms with Gasteiger partial charge in [0.25, 0.3) is 0 Å². The molecule has 0 fully saturated rings. The van der Waals surface area contributed by atoms with Gasteiger partial charge in [0, 0.05) is 5.39 Å². The first-order valence-electron chi connectivity index (χ1n) is 5.48. The van der Waals surface area contributed by atoms with Gasteiger partial charge in [0.2, 0.25) is 0 Å². The van der Waals surface area contributed by atoms with E-state index in [4.69, 9.17) is 4.74 Å². The van der Waals surface area contributed by atoms with E-state index in [-0.39, 0.29) is 0 Å². The minimum absolute atomic E-state index is 0.318. The summed E-state index contributed by atoms with van der Waals surface area (Å²) in [5.74, 6) is 1.14. The molecule has 2 nitrogen and oxygen atoms in total. The van der Waals surface area contributed by atoms with Crippen LogP contribution in [0.3, 0.4) is 0 Å². The van der Waals surface area contributed by atoms with Crippen molar-refractivity contribution in [3.8, 4) is 11.5 Å². The first-order chi connectivity index (χ1) is 8.29. The molecule has 0 saturated heterocycles. The zero-order chi connectivity index (χ0) is 11.8. The summed E-state index contributed by atoms with van der Waals surface area (Å²) in [6, 6.07) is 15.5. The lowest BCUT2D eigenvalue weighted by molar-refractivity contribution is 0.415. The third-order valence-corrected chi connectivity index (χ3v) is 3.05. The van der Waals surface area contributed by atoms with Crippen LogP contribution >= 0.6 is 0 Å². The largest absolute Gasteiger partial charge is 0.507 e. The van der Waals surface area contributed by atoms with E-state index in [0.29, 0.717) is 5.75 Å². The molecule has 0 aliphatic rings. The molecule has 84 valence electrons. The molecule has 0 aliphatic heterocycles. The van der Waals surface area contributed by atoms with Gasteiger partial charge in [-0.1, -0.05) is 24.3 Å². The lowest BCUT2D eigenvalue weighted by Crippen LogP contribution is -1.83. The second-order valence-electron chi connectivity index (χ2n) is 4.03. The summed E-state index contributed by atoms with van der Waals surface area (Å²) >= 11 is 0. The first kappa shape index (κ1) is 9.97. The van der Waals surface area contributed by atoms with E-state index in [1.165, 1.54) is 0 Å². The number of benzene rings is 3. The highest BCUT2D eigenvalue weighted by molar-refractivity contribution is 6.10. The van der Waals surface area contributed by atoms with Crippen LogP contribution in [0.4, 0.5) is 0 Å². The van der Waals surface area contributed by atoms with Gasteiger partial charge < -0.3 is 9.84 Å². The molecule has 0 radical (unpaired) electrons. The third-order valence-electron chi connectivity index (χ3n) is 3.05. The van der Waals surface area contributed by atoms with Crippen LogP contribution in [0.1, 0.15) is 0 Å². The Morgan fingerprint density at radius 2 is 1.76 bits per heavy atom. The second-order valence-corrected chi connectivity index (χ2v) is 4.03. The zero-order valence-corrected chi connectivity index (χ0v) is 9.47. The Morgan fingerprint density at radius 3 is 2.59 bits per heavy atom. The molecular weight excluding hydrogens is 212 g/mol. The molecule has 0 saturated carbocycles. The number of methoxy groups -OCH3 is 1. The number of aromatic hydroxyl groups is 1. The number of phenolic OH excluding ortho intramolecular Hbond substituents is 1. The van der Waals surface area contributed by atoms with Gasteiger partial charge >= 0.3 is 0 Å². The predicted molar refractivity (Wildman–Crippen MR) is 69.7 cm³/mol. The molecule has 0 amide bonds. The van der Waals surface area contributed by atoms with Crippen LogP contribution in [0.5, 0.6) is 11.5 Å². The van der Waals surface area contributed by atoms with Gasteiger partial charge in [0.05, 0.1) is 7.11 Å². The summed E-state index contributed by atoms with van der Waals surface area (Å²) in [4.78, 5) is 0. The molecule has 0 bridgehead atoms. The third kappa shape index (κ3) is 1.49. The Balaban J connectivity index is 2.47. The Bertz CT molecular complexity index is 702. The summed E-state index contributed by atoms with van der Waals surface area (Å²) in [5, 5.41) is 14.0. The number of phenols is 1. The molecule has 1 N–H and O–H groups in total. The van der Waals surface area contributed by atoms with E-state index >= 15 is 0 Å². The maximum atomic E-state index is 9.96. The molecule has 2 heteroatoms. The number of hydrogen-bond donors (Lipinski definition) is 1. The van der Waals surface area contributed by atoms with Gasteiger partial charge in [-0.3, -0.25) is 0 Å². The van der Waals surface area contributed by atoms with Gasteiger partial charge in [-0.25, -0.2) is 0 Å². The topological polar surface area (TPSA) is 29.5 Å². The Morgan fingerprint density at radius 1 is 0.941 bits per heavy atom. The van der Waals surface area contributed by atoms with Crippen molar-refractivity contribution >= 4 is 21.5 Å². The molecule has 0 heterocycles. The van der Waals surface area contributed by atoms with Crippen molar-refractivity contribution in [3.05, 3.63) is 48.5 Å². The maximum Gasteiger partial charge on any atom is 0.124 e. The predicted octanol–water partition coefficient (Wildman–Crippen LogP) is 3.71. The summed E-state index contributed by atoms with van der Waals surface area (Å²) in [6.45, 7) is 0. The van der Waals surface area contributed by atoms with E-state index in [0.717, 1.165) is 27.3 Å². The van der Waals surface area contributed by atoms with Crippen molar-refractivity contribution < 1.29 is 9.84 Å². The monoisotopic (exact) mass is 224 g/mol. The minimum Gasteiger partial charge on any atom is -0.507 e. The fourth-order valence-electron chi connectivity index (χ4n) is 2.20. The molecule has 3 aromatic carbocycles. The summed E-state index contributed by atoms with van der Waals surface area (Å²) < 4.78 is 5.20. The quantitative estimate of drug-likeness (QED) is 0.638. The van der Waals surface area contributed by atoms with E-state index in [1.807, 2.05) is 42.5 Å². The van der Waals surface area contributed by atoms with E-state index in [2.05, 4.69) is 0 Å². The van der Waals surface area contributed by atoms with Crippen LogP contribution in [0.25, 0.3) is 21.5 Å². The Kier molecular flexibility index (Phi) is 2.15. The van der Waals surface area contributed by atoms with Crippen molar-refractivity contribution in [2.45, 2.75) is 0 Å². The van der Waals surface area contributed by atoms with Crippen LogP contribution in [-0.2, 0) is 0 Å². The summed E-state index contributed by atoms with van der Waals surface area (Å²) in [6.07, 6.45) is 0. The van der Waals surface area contributed by atoms with Gasteiger partial charge in [0.15, 0.2) is 0 Å². The van der Waals surface area contributed by atoms with Crippen LogP contribution < -0.4 is 4.74 Å². The van der Waals surface area contributed by atoms with Gasteiger partial charge in [-0.2, -0.15) is 0 Å². The van der Waals surface area contributed by atoms with Crippen molar-refractivity contribution in [2.24, 2.45) is 0 Å². The molecule has 3 rings (SSSR count). The van der Waals surface area contributed by atoms with Crippen LogP contribution in [0.2, 0.25) is 0 Å². The highest BCUT2D eigenvalue weighted by Gasteiger charge is 2.05. The fraction of sp³-hybridized carbons (Fsp3) is 0.0667. The standard InChI is InChI=1S/C15H12O2/c1-17-12-7-8-13-11(9-12)6-5-10-3-2-4-14(16)15(10)13/h2-9,16H,1H3. The second kappa shape index (κ2) is 3.67. The molecule has 0 aliphatic carbocycles. The van der Waals surface area contributed by atoms with Crippen molar-refractivity contribution in [2.75, 3.05) is 7.11 Å². The lowest BCUT2D eigenvalue weighted by atomic mass is 10.0. The SMILES string of the molecule is COc1ccc2c(ccc3cccc(O)c32)c1. The van der Waals surface area contributed by atoms with Crippen molar-refractivity contribution in [3.63, 3.8) is 0 Å². The van der Waals surface area contributed by atoms with E-state index in [1.54, 1.807) is 13.2 Å². The zero-order valence-electron chi connectivity index (χ0n) is 9.47. The highest BCUT2D eigenvalue weighted by atomic mass is 16.5. The Labute approximate surface area is 99.1 Å². The molecular formula is C15H12O2. The molecule has 17 heavy (non-hydrogen) atoms. The molecule has 0 spiro atoms. The number of rotatable bonds is 1. The minimum atomic E-state index is 0.318. The molecule has 0 atom stereocenters. The molecule has 3 aromatic rings. The molecule has 0 unspecified atom stereocenters. The average Bonchev–Trinajstić information content (AvgIpc) is 2.38. The smallest absolute Gasteiger partial charge is 0.124 e. The highest BCUT2D eigenvalue weighted by Crippen LogP contribution is 2.33. The Hall–Kier alpha value is -2.22. The van der Waals surface area contributed by atoms with Crippen LogP contribution in [-0.4, -0.2) is 12.2 Å². The van der Waals surface area contributed by atoms with Crippen molar-refractivity contribution in [1.82, 2.24) is 0 Å². The van der Waals surface area contributed by atoms with Gasteiger partial charge in [-0.05, 0) is 40.4 Å². The number of fused-ring (bicyclic) bond motifs is 3. The number of ether oxygens (including phenoxy) is 1. The molecule has 0 aromatic heterocycles. The lowest BCUT2D eigenvalue weighted by Gasteiger charge is -2.07. The average molecular weight is 224 g/mol. The van der Waals surface area contributed by atoms with E-state index in [9.17, 15) is 5.11 Å². The van der Waals surface area contributed by atoms with Crippen molar-refractivity contribution in [1.29, 1.82) is 0 Å². The van der Waals surface area contributed by atoms with Gasteiger partial charge in [0.1, 0.15) is 11.5 Å². The van der Waals surface area contributed by atoms with Gasteiger partial charge in [-0.15, -0.1) is 0 Å².